The lowest BCUT2D eigenvalue weighted by Gasteiger charge is -2.02. The van der Waals surface area contributed by atoms with E-state index < -0.39 is 0 Å². The summed E-state index contributed by atoms with van der Waals surface area (Å²) in [5.41, 5.74) is 1.45. The van der Waals surface area contributed by atoms with E-state index in [1.165, 1.54) is 0 Å². The third kappa shape index (κ3) is 1.58. The molecule has 0 bridgehead atoms. The van der Waals surface area contributed by atoms with Gasteiger partial charge in [0, 0.05) is 24.3 Å². The number of rotatable bonds is 3. The molecule has 68 valence electrons. The molecule has 0 spiro atoms. The van der Waals surface area contributed by atoms with E-state index in [2.05, 4.69) is 10.2 Å². The second-order valence-corrected chi connectivity index (χ2v) is 3.10. The number of aromatic nitrogens is 2. The highest BCUT2D eigenvalue weighted by atomic mass is 16.3. The molecule has 0 aliphatic rings. The first-order chi connectivity index (χ1) is 5.66. The molecule has 1 aromatic heterocycles. The van der Waals surface area contributed by atoms with Crippen LogP contribution in [0.5, 0.6) is 0 Å². The van der Waals surface area contributed by atoms with Gasteiger partial charge in [-0.15, -0.1) is 0 Å². The molecule has 0 amide bonds. The predicted molar refractivity (Wildman–Crippen MR) is 46.3 cm³/mol. The van der Waals surface area contributed by atoms with Gasteiger partial charge in [0.15, 0.2) is 0 Å². The zero-order valence-corrected chi connectivity index (χ0v) is 7.35. The normalized spacial score (nSPS) is 11.0. The third-order valence-corrected chi connectivity index (χ3v) is 1.85. The number of nitrogens with one attached hydrogen (secondary N) is 2. The number of aliphatic hydroxyl groups is 1. The number of aliphatic hydroxyl groups excluding tert-OH is 1. The first-order valence-electron chi connectivity index (χ1n) is 4.07. The summed E-state index contributed by atoms with van der Waals surface area (Å²) in [6.45, 7) is 4.01. The van der Waals surface area contributed by atoms with Gasteiger partial charge in [-0.3, -0.25) is 9.89 Å². The molecule has 0 aliphatic carbocycles. The minimum absolute atomic E-state index is 0.0145. The van der Waals surface area contributed by atoms with E-state index in [4.69, 9.17) is 5.11 Å². The number of H-pyrrole nitrogens is 2. The minimum atomic E-state index is -0.118. The van der Waals surface area contributed by atoms with Crippen molar-refractivity contribution in [2.24, 2.45) is 0 Å². The molecule has 0 aromatic carbocycles. The van der Waals surface area contributed by atoms with Crippen molar-refractivity contribution >= 4 is 0 Å². The van der Waals surface area contributed by atoms with Crippen molar-refractivity contribution in [1.29, 1.82) is 0 Å². The Morgan fingerprint density at radius 3 is 2.58 bits per heavy atom. The summed E-state index contributed by atoms with van der Waals surface area (Å²) in [5, 5.41) is 14.0. The van der Waals surface area contributed by atoms with E-state index in [-0.39, 0.29) is 18.1 Å². The van der Waals surface area contributed by atoms with E-state index in [0.29, 0.717) is 12.0 Å². The van der Waals surface area contributed by atoms with Gasteiger partial charge in [0.2, 0.25) is 0 Å². The van der Waals surface area contributed by atoms with Gasteiger partial charge in [0.1, 0.15) is 0 Å². The molecule has 0 aliphatic heterocycles. The van der Waals surface area contributed by atoms with Crippen molar-refractivity contribution in [3.05, 3.63) is 21.6 Å². The van der Waals surface area contributed by atoms with Gasteiger partial charge < -0.3 is 10.2 Å². The summed E-state index contributed by atoms with van der Waals surface area (Å²) < 4.78 is 0. The van der Waals surface area contributed by atoms with Gasteiger partial charge in [-0.05, 0) is 5.92 Å². The summed E-state index contributed by atoms with van der Waals surface area (Å²) in [5.74, 6) is 0.283. The zero-order chi connectivity index (χ0) is 9.14. The molecule has 4 nitrogen and oxygen atoms in total. The highest BCUT2D eigenvalue weighted by molar-refractivity contribution is 5.19. The largest absolute Gasteiger partial charge is 0.396 e. The van der Waals surface area contributed by atoms with Crippen molar-refractivity contribution in [2.45, 2.75) is 26.2 Å². The SMILES string of the molecule is CC(C)c1[nH][nH]c(=O)c1CCO. The Hall–Kier alpha value is -1.03. The summed E-state index contributed by atoms with van der Waals surface area (Å²) in [6.07, 6.45) is 0.423. The average Bonchev–Trinajstić information content (AvgIpc) is 2.34. The van der Waals surface area contributed by atoms with E-state index in [1.54, 1.807) is 0 Å². The number of hydrogen-bond donors (Lipinski definition) is 3. The first kappa shape index (κ1) is 9.06. The first-order valence-corrected chi connectivity index (χ1v) is 4.07. The molecule has 12 heavy (non-hydrogen) atoms. The van der Waals surface area contributed by atoms with Crippen molar-refractivity contribution in [1.82, 2.24) is 10.2 Å². The Morgan fingerprint density at radius 2 is 2.08 bits per heavy atom. The van der Waals surface area contributed by atoms with Gasteiger partial charge in [-0.25, -0.2) is 0 Å². The topological polar surface area (TPSA) is 68.9 Å². The monoisotopic (exact) mass is 170 g/mol. The maximum absolute atomic E-state index is 11.1. The lowest BCUT2D eigenvalue weighted by Crippen LogP contribution is -2.09. The molecule has 1 rings (SSSR count). The Kier molecular flexibility index (Phi) is 2.70. The van der Waals surface area contributed by atoms with Crippen LogP contribution in [0.25, 0.3) is 0 Å². The van der Waals surface area contributed by atoms with E-state index in [9.17, 15) is 4.79 Å². The van der Waals surface area contributed by atoms with Gasteiger partial charge in [0.05, 0.1) is 0 Å². The van der Waals surface area contributed by atoms with Crippen molar-refractivity contribution in [2.75, 3.05) is 6.61 Å². The van der Waals surface area contributed by atoms with Crippen LogP contribution in [0, 0.1) is 0 Å². The van der Waals surface area contributed by atoms with Crippen LogP contribution < -0.4 is 5.56 Å². The minimum Gasteiger partial charge on any atom is -0.396 e. The molecule has 0 saturated heterocycles. The Morgan fingerprint density at radius 1 is 1.42 bits per heavy atom. The molecule has 0 unspecified atom stereocenters. The Bertz CT molecular complexity index is 298. The maximum Gasteiger partial charge on any atom is 0.267 e. The van der Waals surface area contributed by atoms with E-state index >= 15 is 0 Å². The molecule has 3 N–H and O–H groups in total. The number of hydrogen-bond acceptors (Lipinski definition) is 2. The Balaban J connectivity index is 3.04. The molecular weight excluding hydrogens is 156 g/mol. The summed E-state index contributed by atoms with van der Waals surface area (Å²) >= 11 is 0. The fourth-order valence-corrected chi connectivity index (χ4v) is 1.25. The molecule has 0 saturated carbocycles. The second-order valence-electron chi connectivity index (χ2n) is 3.10. The summed E-state index contributed by atoms with van der Waals surface area (Å²) in [6, 6.07) is 0. The van der Waals surface area contributed by atoms with Crippen molar-refractivity contribution < 1.29 is 5.11 Å². The van der Waals surface area contributed by atoms with Crippen molar-refractivity contribution in [3.63, 3.8) is 0 Å². The van der Waals surface area contributed by atoms with Gasteiger partial charge in [0.25, 0.3) is 5.56 Å². The maximum atomic E-state index is 11.1. The molecule has 0 atom stereocenters. The summed E-state index contributed by atoms with van der Waals surface area (Å²) in [4.78, 5) is 11.1. The van der Waals surface area contributed by atoms with E-state index in [0.717, 1.165) is 5.69 Å². The van der Waals surface area contributed by atoms with Gasteiger partial charge in [-0.1, -0.05) is 13.8 Å². The third-order valence-electron chi connectivity index (χ3n) is 1.85. The smallest absolute Gasteiger partial charge is 0.267 e. The van der Waals surface area contributed by atoms with Gasteiger partial charge >= 0.3 is 0 Å². The van der Waals surface area contributed by atoms with Crippen LogP contribution >= 0.6 is 0 Å². The molecule has 1 heterocycles. The number of aromatic amines is 2. The molecule has 0 fully saturated rings. The highest BCUT2D eigenvalue weighted by Crippen LogP contribution is 2.13. The lowest BCUT2D eigenvalue weighted by molar-refractivity contribution is 0.299. The quantitative estimate of drug-likeness (QED) is 0.613. The standard InChI is InChI=1S/C8H14N2O2/c1-5(2)7-6(3-4-11)8(12)10-9-7/h5,11H,3-4H2,1-2H3,(H2,9,10,12). The molecular formula is C8H14N2O2. The summed E-state index contributed by atoms with van der Waals surface area (Å²) in [7, 11) is 0. The van der Waals surface area contributed by atoms with E-state index in [1.807, 2.05) is 13.8 Å². The van der Waals surface area contributed by atoms with Crippen LogP contribution in [0.2, 0.25) is 0 Å². The zero-order valence-electron chi connectivity index (χ0n) is 7.35. The molecule has 0 radical (unpaired) electrons. The van der Waals surface area contributed by atoms with Gasteiger partial charge in [-0.2, -0.15) is 0 Å². The average molecular weight is 170 g/mol. The lowest BCUT2D eigenvalue weighted by atomic mass is 10.0. The van der Waals surface area contributed by atoms with Crippen molar-refractivity contribution in [3.8, 4) is 0 Å². The highest BCUT2D eigenvalue weighted by Gasteiger charge is 2.11. The second kappa shape index (κ2) is 3.58. The van der Waals surface area contributed by atoms with Crippen LogP contribution in [0.3, 0.4) is 0 Å². The van der Waals surface area contributed by atoms with Crippen LogP contribution in [-0.2, 0) is 6.42 Å². The predicted octanol–water partition coefficient (Wildman–Crippen LogP) is 0.361. The molecule has 4 heteroatoms. The van der Waals surface area contributed by atoms with Crippen LogP contribution in [-0.4, -0.2) is 21.9 Å². The van der Waals surface area contributed by atoms with Crippen LogP contribution in [0.1, 0.15) is 31.0 Å². The Labute approximate surface area is 70.6 Å². The fraction of sp³-hybridized carbons (Fsp3) is 0.625. The fourth-order valence-electron chi connectivity index (χ4n) is 1.25. The van der Waals surface area contributed by atoms with Crippen LogP contribution in [0.15, 0.2) is 4.79 Å². The molecule has 1 aromatic rings. The van der Waals surface area contributed by atoms with Crippen LogP contribution in [0.4, 0.5) is 0 Å².